The van der Waals surface area contributed by atoms with Gasteiger partial charge < -0.3 is 20.3 Å². The van der Waals surface area contributed by atoms with E-state index in [2.05, 4.69) is 0 Å². The minimum atomic E-state index is -0.366. The van der Waals surface area contributed by atoms with E-state index in [4.69, 9.17) is 5.73 Å². The first-order chi connectivity index (χ1) is 8.04. The Morgan fingerprint density at radius 1 is 1.35 bits per heavy atom. The van der Waals surface area contributed by atoms with Gasteiger partial charge >= 0.3 is 6.03 Å². The molecule has 0 aliphatic carbocycles. The molecule has 2 rings (SSSR count). The van der Waals surface area contributed by atoms with Gasteiger partial charge in [0.2, 0.25) is 0 Å². The largest absolute Gasteiger partial charge is 0.331 e. The maximum absolute atomic E-state index is 12.1. The second kappa shape index (κ2) is 4.64. The van der Waals surface area contributed by atoms with Gasteiger partial charge in [-0.25, -0.2) is 4.79 Å². The molecule has 2 heterocycles. The number of hydrogen-bond acceptors (Lipinski definition) is 3. The number of amides is 2. The first kappa shape index (κ1) is 12.4. The molecule has 2 fully saturated rings. The van der Waals surface area contributed by atoms with Gasteiger partial charge in [-0.05, 0) is 31.6 Å². The van der Waals surface area contributed by atoms with Crippen molar-refractivity contribution in [3.8, 4) is 0 Å². The van der Waals surface area contributed by atoms with Gasteiger partial charge in [0.25, 0.3) is 0 Å². The van der Waals surface area contributed by atoms with Crippen LogP contribution in [0.5, 0.6) is 0 Å². The highest BCUT2D eigenvalue weighted by Gasteiger charge is 2.44. The number of piperidine rings is 1. The third kappa shape index (κ3) is 2.16. The molecule has 2 saturated heterocycles. The number of carbonyl (C=O) groups excluding carboxylic acids is 2. The third-order valence-corrected chi connectivity index (χ3v) is 4.07. The Hall–Kier alpha value is -1.10. The lowest BCUT2D eigenvalue weighted by molar-refractivity contribution is -0.110. The van der Waals surface area contributed by atoms with Crippen LogP contribution in [0, 0.1) is 5.92 Å². The zero-order valence-corrected chi connectivity index (χ0v) is 10.5. The summed E-state index contributed by atoms with van der Waals surface area (Å²) in [6, 6.07) is 0.282. The summed E-state index contributed by atoms with van der Waals surface area (Å²) in [6.07, 6.45) is 4.68. The third-order valence-electron chi connectivity index (χ3n) is 4.07. The van der Waals surface area contributed by atoms with E-state index in [1.807, 2.05) is 4.90 Å². The topological polar surface area (TPSA) is 66.6 Å². The summed E-state index contributed by atoms with van der Waals surface area (Å²) in [4.78, 5) is 26.4. The molecule has 2 aliphatic heterocycles. The smallest absolute Gasteiger partial charge is 0.319 e. The fourth-order valence-corrected chi connectivity index (χ4v) is 3.19. The summed E-state index contributed by atoms with van der Waals surface area (Å²) < 4.78 is 0. The average Bonchev–Trinajstić information content (AvgIpc) is 2.57. The summed E-state index contributed by atoms with van der Waals surface area (Å²) in [5, 5.41) is 0. The Morgan fingerprint density at radius 2 is 1.88 bits per heavy atom. The maximum atomic E-state index is 12.1. The van der Waals surface area contributed by atoms with Gasteiger partial charge in [0.1, 0.15) is 6.29 Å². The summed E-state index contributed by atoms with van der Waals surface area (Å²) >= 11 is 0. The minimum Gasteiger partial charge on any atom is -0.331 e. The number of aldehydes is 1. The summed E-state index contributed by atoms with van der Waals surface area (Å²) in [5.74, 6) is 0.246. The van der Waals surface area contributed by atoms with Gasteiger partial charge in [0, 0.05) is 26.2 Å². The molecule has 2 amide bonds. The van der Waals surface area contributed by atoms with Crippen LogP contribution in [0.3, 0.4) is 0 Å². The van der Waals surface area contributed by atoms with Gasteiger partial charge in [-0.1, -0.05) is 0 Å². The number of nitrogens with zero attached hydrogens (tertiary/aromatic N) is 2. The molecule has 3 atom stereocenters. The predicted molar refractivity (Wildman–Crippen MR) is 64.5 cm³/mol. The van der Waals surface area contributed by atoms with Crippen LogP contribution in [0.25, 0.3) is 0 Å². The highest BCUT2D eigenvalue weighted by molar-refractivity contribution is 5.75. The molecule has 0 spiro atoms. The second-order valence-corrected chi connectivity index (χ2v) is 5.41. The van der Waals surface area contributed by atoms with Crippen molar-refractivity contribution in [3.63, 3.8) is 0 Å². The Bertz CT molecular complexity index is 305. The molecular formula is C12H21N3O2. The quantitative estimate of drug-likeness (QED) is 0.711. The zero-order chi connectivity index (χ0) is 12.6. The number of hydrogen-bond donors (Lipinski definition) is 1. The molecule has 17 heavy (non-hydrogen) atoms. The second-order valence-electron chi connectivity index (χ2n) is 5.41. The lowest BCUT2D eigenvalue weighted by Crippen LogP contribution is -2.52. The minimum absolute atomic E-state index is 0.0932. The Balaban J connectivity index is 2.08. The van der Waals surface area contributed by atoms with Gasteiger partial charge in [-0.15, -0.1) is 0 Å². The van der Waals surface area contributed by atoms with Gasteiger partial charge in [0.15, 0.2) is 0 Å². The van der Waals surface area contributed by atoms with Crippen LogP contribution in [0.15, 0.2) is 0 Å². The number of rotatable bonds is 2. The van der Waals surface area contributed by atoms with E-state index >= 15 is 0 Å². The Labute approximate surface area is 102 Å². The Kier molecular flexibility index (Phi) is 3.38. The van der Waals surface area contributed by atoms with Crippen LogP contribution in [0.2, 0.25) is 0 Å². The van der Waals surface area contributed by atoms with E-state index < -0.39 is 0 Å². The molecule has 0 aromatic heterocycles. The molecule has 5 nitrogen and oxygen atoms in total. The molecule has 96 valence electrons. The van der Waals surface area contributed by atoms with Crippen molar-refractivity contribution in [1.29, 1.82) is 0 Å². The fraction of sp³-hybridized carbons (Fsp3) is 0.833. The van der Waals surface area contributed by atoms with E-state index in [0.717, 1.165) is 32.0 Å². The molecule has 0 aromatic carbocycles. The number of fused-ring (bicyclic) bond motifs is 2. The van der Waals surface area contributed by atoms with Crippen LogP contribution in [0.4, 0.5) is 4.79 Å². The van der Waals surface area contributed by atoms with Crippen molar-refractivity contribution in [2.45, 2.75) is 43.8 Å². The Morgan fingerprint density at radius 3 is 2.29 bits per heavy atom. The van der Waals surface area contributed by atoms with Gasteiger partial charge in [-0.3, -0.25) is 0 Å². The van der Waals surface area contributed by atoms with Crippen LogP contribution < -0.4 is 5.73 Å². The molecule has 0 radical (unpaired) electrons. The van der Waals surface area contributed by atoms with Crippen molar-refractivity contribution in [1.82, 2.24) is 9.80 Å². The van der Waals surface area contributed by atoms with Crippen molar-refractivity contribution in [2.75, 3.05) is 14.1 Å². The van der Waals surface area contributed by atoms with Gasteiger partial charge in [0.05, 0.1) is 6.04 Å². The van der Waals surface area contributed by atoms with Crippen molar-refractivity contribution in [2.24, 2.45) is 11.7 Å². The van der Waals surface area contributed by atoms with Crippen LogP contribution in [0.1, 0.15) is 25.7 Å². The van der Waals surface area contributed by atoms with Crippen LogP contribution in [-0.4, -0.2) is 54.3 Å². The lowest BCUT2D eigenvalue weighted by Gasteiger charge is -2.41. The number of nitrogens with two attached hydrogens (primary N) is 1. The zero-order valence-electron chi connectivity index (χ0n) is 10.5. The molecule has 5 heteroatoms. The molecular weight excluding hydrogens is 218 g/mol. The van der Waals surface area contributed by atoms with Crippen molar-refractivity contribution >= 4 is 12.3 Å². The van der Waals surface area contributed by atoms with Crippen molar-refractivity contribution < 1.29 is 9.59 Å². The van der Waals surface area contributed by atoms with Crippen LogP contribution in [-0.2, 0) is 4.79 Å². The SMILES string of the molecule is CN(C)C(=O)N1C2CCC1CC([C@H](N)C=O)C2. The molecule has 0 aromatic rings. The van der Waals surface area contributed by atoms with Crippen LogP contribution >= 0.6 is 0 Å². The fourth-order valence-electron chi connectivity index (χ4n) is 3.19. The van der Waals surface area contributed by atoms with E-state index in [1.165, 1.54) is 0 Å². The predicted octanol–water partition coefficient (Wildman–Crippen LogP) is 0.437. The highest BCUT2D eigenvalue weighted by Crippen LogP contribution is 2.39. The molecule has 2 aliphatic rings. The van der Waals surface area contributed by atoms with E-state index in [-0.39, 0.29) is 30.1 Å². The molecule has 2 unspecified atom stereocenters. The molecule has 2 bridgehead atoms. The summed E-state index contributed by atoms with van der Waals surface area (Å²) in [6.45, 7) is 0. The number of urea groups is 1. The number of carbonyl (C=O) groups is 2. The standard InChI is InChI=1S/C12H21N3O2/c1-14(2)12(17)15-9-3-4-10(15)6-8(5-9)11(13)7-16/h7-11H,3-6,13H2,1-2H3/t8?,9?,10?,11-/m1/s1. The van der Waals surface area contributed by atoms with E-state index in [1.54, 1.807) is 19.0 Å². The maximum Gasteiger partial charge on any atom is 0.319 e. The first-order valence-electron chi connectivity index (χ1n) is 6.25. The van der Waals surface area contributed by atoms with Gasteiger partial charge in [-0.2, -0.15) is 0 Å². The highest BCUT2D eigenvalue weighted by atomic mass is 16.2. The summed E-state index contributed by atoms with van der Waals surface area (Å²) in [7, 11) is 3.57. The molecule has 2 N–H and O–H groups in total. The average molecular weight is 239 g/mol. The lowest BCUT2D eigenvalue weighted by atomic mass is 9.86. The summed E-state index contributed by atoms with van der Waals surface area (Å²) in [5.41, 5.74) is 5.80. The van der Waals surface area contributed by atoms with E-state index in [9.17, 15) is 9.59 Å². The first-order valence-corrected chi connectivity index (χ1v) is 6.25. The van der Waals surface area contributed by atoms with Crippen molar-refractivity contribution in [3.05, 3.63) is 0 Å². The normalized spacial score (nSPS) is 33.4. The van der Waals surface area contributed by atoms with E-state index in [0.29, 0.717) is 0 Å². The monoisotopic (exact) mass is 239 g/mol. The molecule has 0 saturated carbocycles.